The van der Waals surface area contributed by atoms with Crippen molar-refractivity contribution in [3.8, 4) is 0 Å². The molecule has 1 saturated carbocycles. The predicted octanol–water partition coefficient (Wildman–Crippen LogP) is 3.25. The molecule has 1 aliphatic heterocycles. The minimum atomic E-state index is -2.50. The number of nitrogens with one attached hydrogen (secondary N) is 4. The molecule has 0 aromatic heterocycles. The predicted molar refractivity (Wildman–Crippen MR) is 168 cm³/mol. The van der Waals surface area contributed by atoms with Crippen molar-refractivity contribution in [2.75, 3.05) is 19.9 Å². The van der Waals surface area contributed by atoms with Gasteiger partial charge in [-0.3, -0.25) is 24.0 Å². The highest BCUT2D eigenvalue weighted by Gasteiger charge is 2.37. The van der Waals surface area contributed by atoms with Gasteiger partial charge in [-0.05, 0) is 74.8 Å². The maximum Gasteiger partial charge on any atom is 0.289 e. The lowest BCUT2D eigenvalue weighted by Gasteiger charge is -2.29. The topological polar surface area (TPSA) is 151 Å². The number of ketones is 1. The molecule has 3 rings (SSSR count). The van der Waals surface area contributed by atoms with Crippen molar-refractivity contribution in [3.63, 3.8) is 0 Å². The van der Waals surface area contributed by atoms with E-state index in [1.165, 1.54) is 0 Å². The molecule has 12 heteroatoms. The van der Waals surface area contributed by atoms with Crippen molar-refractivity contribution in [2.24, 2.45) is 11.3 Å². The molecule has 43 heavy (non-hydrogen) atoms. The first kappa shape index (κ1) is 34.8. The molecule has 10 nitrogen and oxygen atoms in total. The average Bonchev–Trinajstić information content (AvgIpc) is 3.63. The molecule has 238 valence electrons. The molecule has 1 aromatic rings. The van der Waals surface area contributed by atoms with Gasteiger partial charge in [0.25, 0.3) is 5.91 Å². The third-order valence-corrected chi connectivity index (χ3v) is 9.74. The van der Waals surface area contributed by atoms with E-state index in [4.69, 9.17) is 11.6 Å². The van der Waals surface area contributed by atoms with E-state index in [9.17, 15) is 28.5 Å². The summed E-state index contributed by atoms with van der Waals surface area (Å²) in [6.45, 7) is 11.6. The Bertz CT molecular complexity index is 1290. The zero-order chi connectivity index (χ0) is 32.1. The van der Waals surface area contributed by atoms with Crippen LogP contribution in [0, 0.1) is 11.3 Å². The van der Waals surface area contributed by atoms with Crippen LogP contribution < -0.4 is 26.6 Å². The lowest BCUT2D eigenvalue weighted by atomic mass is 9.87. The summed E-state index contributed by atoms with van der Waals surface area (Å²) in [5, 5.41) is 12.0. The number of hydrogen-bond acceptors (Lipinski definition) is 6. The zero-order valence-electron chi connectivity index (χ0n) is 26.1. The van der Waals surface area contributed by atoms with Crippen LogP contribution in [-0.2, 0) is 28.5 Å². The van der Waals surface area contributed by atoms with Gasteiger partial charge in [0.15, 0.2) is 0 Å². The van der Waals surface area contributed by atoms with E-state index in [-0.39, 0.29) is 48.5 Å². The monoisotopic (exact) mass is 636 g/mol. The number of benzene rings is 1. The molecule has 4 amide bonds. The number of carbonyl (C=O) groups is 5. The van der Waals surface area contributed by atoms with Crippen LogP contribution in [0.15, 0.2) is 18.2 Å². The number of carbonyl (C=O) groups excluding carboxylic acids is 5. The molecular weight excluding hydrogens is 591 g/mol. The van der Waals surface area contributed by atoms with Crippen LogP contribution in [0.25, 0.3) is 0 Å². The van der Waals surface area contributed by atoms with Gasteiger partial charge in [0.05, 0.1) is 6.04 Å². The lowest BCUT2D eigenvalue weighted by molar-refractivity contribution is -0.141. The fourth-order valence-electron chi connectivity index (χ4n) is 5.26. The Kier molecular flexibility index (Phi) is 11.6. The SMILES string of the molecule is CCC(CC(=O)N[C@@H](CC(C)(C)C)C(=O)NC(CC1CCNC1=O)C(=O)C(=O)NC1CC1)c1ccc(P(C)(C)=O)cc1Cl. The summed E-state index contributed by atoms with van der Waals surface area (Å²) in [5.41, 5.74) is 0.400. The van der Waals surface area contributed by atoms with Crippen LogP contribution in [0.4, 0.5) is 0 Å². The molecule has 0 radical (unpaired) electrons. The fraction of sp³-hybridized carbons (Fsp3) is 0.645. The summed E-state index contributed by atoms with van der Waals surface area (Å²) < 4.78 is 12.5. The highest BCUT2D eigenvalue weighted by atomic mass is 35.5. The third-order valence-electron chi connectivity index (χ3n) is 7.89. The number of rotatable bonds is 14. The Morgan fingerprint density at radius 1 is 1.07 bits per heavy atom. The standard InChI is InChI=1S/C31H46ClN4O6P/c1-7-18(22-11-10-21(16-23(22)32)43(5,6)42)15-26(37)35-25(17-31(2,3)4)29(40)36-24(14-19-12-13-33-28(19)39)27(38)30(41)34-20-8-9-20/h10-11,16,18-20,24-25H,7-9,12-15,17H2,1-6H3,(H,33,39)(H,34,41)(H,35,37)(H,36,40)/t18?,19?,24?,25-/m0/s1. The van der Waals surface area contributed by atoms with Crippen LogP contribution in [0.3, 0.4) is 0 Å². The van der Waals surface area contributed by atoms with Gasteiger partial charge in [-0.15, -0.1) is 0 Å². The number of hydrogen-bond donors (Lipinski definition) is 4. The van der Waals surface area contributed by atoms with E-state index >= 15 is 0 Å². The quantitative estimate of drug-likeness (QED) is 0.182. The maximum atomic E-state index is 13.6. The van der Waals surface area contributed by atoms with Gasteiger partial charge in [0.1, 0.15) is 13.2 Å². The molecule has 0 spiro atoms. The van der Waals surface area contributed by atoms with Gasteiger partial charge >= 0.3 is 0 Å². The molecule has 2 fully saturated rings. The first-order valence-electron chi connectivity index (χ1n) is 15.1. The Labute approximate surface area is 259 Å². The second-order valence-electron chi connectivity index (χ2n) is 13.4. The molecule has 1 heterocycles. The lowest BCUT2D eigenvalue weighted by Crippen LogP contribution is -2.55. The average molecular weight is 637 g/mol. The van der Waals surface area contributed by atoms with Gasteiger partial charge in [0, 0.05) is 35.3 Å². The highest BCUT2D eigenvalue weighted by molar-refractivity contribution is 7.70. The van der Waals surface area contributed by atoms with Crippen molar-refractivity contribution in [1.29, 1.82) is 0 Å². The Morgan fingerprint density at radius 3 is 2.26 bits per heavy atom. The third kappa shape index (κ3) is 10.5. The van der Waals surface area contributed by atoms with Crippen LogP contribution in [0.5, 0.6) is 0 Å². The normalized spacial score (nSPS) is 19.1. The van der Waals surface area contributed by atoms with E-state index < -0.39 is 42.7 Å². The van der Waals surface area contributed by atoms with E-state index in [2.05, 4.69) is 21.3 Å². The number of Topliss-reactive ketones (excluding diaryl/α,β-unsaturated/α-hetero) is 1. The van der Waals surface area contributed by atoms with Crippen molar-refractivity contribution < 1.29 is 28.5 Å². The van der Waals surface area contributed by atoms with E-state index in [0.29, 0.717) is 29.7 Å². The largest absolute Gasteiger partial charge is 0.356 e. The summed E-state index contributed by atoms with van der Waals surface area (Å²) >= 11 is 6.55. The van der Waals surface area contributed by atoms with Crippen LogP contribution in [0.2, 0.25) is 5.02 Å². The second kappa shape index (κ2) is 14.4. The fourth-order valence-corrected chi connectivity index (χ4v) is 6.54. The maximum absolute atomic E-state index is 13.6. The zero-order valence-corrected chi connectivity index (χ0v) is 27.7. The molecule has 2 aliphatic rings. The summed E-state index contributed by atoms with van der Waals surface area (Å²) in [5.74, 6) is -3.49. The van der Waals surface area contributed by atoms with Crippen molar-refractivity contribution in [1.82, 2.24) is 21.3 Å². The minimum Gasteiger partial charge on any atom is -0.356 e. The van der Waals surface area contributed by atoms with Gasteiger partial charge < -0.3 is 25.8 Å². The van der Waals surface area contributed by atoms with Gasteiger partial charge in [-0.2, -0.15) is 0 Å². The molecular formula is C31H46ClN4O6P. The molecule has 0 bridgehead atoms. The Balaban J connectivity index is 1.76. The van der Waals surface area contributed by atoms with Crippen LogP contribution in [-0.4, -0.2) is 67.4 Å². The number of amides is 4. The van der Waals surface area contributed by atoms with Crippen molar-refractivity contribution in [2.45, 2.75) is 96.7 Å². The van der Waals surface area contributed by atoms with Crippen molar-refractivity contribution >= 4 is 53.5 Å². The summed E-state index contributed by atoms with van der Waals surface area (Å²) in [7, 11) is -2.50. The number of halogens is 1. The Morgan fingerprint density at radius 2 is 1.74 bits per heavy atom. The second-order valence-corrected chi connectivity index (χ2v) is 17.1. The van der Waals surface area contributed by atoms with Crippen LogP contribution in [0.1, 0.15) is 84.1 Å². The van der Waals surface area contributed by atoms with Gasteiger partial charge in [-0.25, -0.2) is 0 Å². The molecule has 4 N–H and O–H groups in total. The molecule has 3 unspecified atom stereocenters. The first-order chi connectivity index (χ1) is 20.0. The van der Waals surface area contributed by atoms with E-state index in [1.54, 1.807) is 31.5 Å². The minimum absolute atomic E-state index is 0.000464. The van der Waals surface area contributed by atoms with Gasteiger partial charge in [-0.1, -0.05) is 51.4 Å². The van der Waals surface area contributed by atoms with E-state index in [1.807, 2.05) is 27.7 Å². The highest BCUT2D eigenvalue weighted by Crippen LogP contribution is 2.38. The van der Waals surface area contributed by atoms with E-state index in [0.717, 1.165) is 18.4 Å². The molecule has 1 aliphatic carbocycles. The van der Waals surface area contributed by atoms with Crippen molar-refractivity contribution in [3.05, 3.63) is 28.8 Å². The Hall–Kier alpha value is -2.71. The summed E-state index contributed by atoms with van der Waals surface area (Å²) in [4.78, 5) is 65.0. The molecule has 4 atom stereocenters. The summed E-state index contributed by atoms with van der Waals surface area (Å²) in [6.07, 6.45) is 3.04. The molecule has 1 aromatic carbocycles. The summed E-state index contributed by atoms with van der Waals surface area (Å²) in [6, 6.07) is 3.05. The smallest absolute Gasteiger partial charge is 0.289 e. The van der Waals surface area contributed by atoms with Gasteiger partial charge in [0.2, 0.25) is 23.5 Å². The molecule has 1 saturated heterocycles. The first-order valence-corrected chi connectivity index (χ1v) is 18.0. The van der Waals surface area contributed by atoms with Crippen LogP contribution >= 0.6 is 18.7 Å².